The van der Waals surface area contributed by atoms with Gasteiger partial charge < -0.3 is 5.11 Å². The molecule has 0 aromatic carbocycles. The Morgan fingerprint density at radius 1 is 1.00 bits per heavy atom. The number of hydrogen-bond acceptors (Lipinski definition) is 3. The molecule has 0 bridgehead atoms. The van der Waals surface area contributed by atoms with Crippen LogP contribution in [-0.2, 0) is 0 Å². The zero-order chi connectivity index (χ0) is 12.8. The van der Waals surface area contributed by atoms with Gasteiger partial charge in [-0.3, -0.25) is 10.6 Å². The zero-order valence-electron chi connectivity index (χ0n) is 11.9. The summed E-state index contributed by atoms with van der Waals surface area (Å²) >= 11 is 0. The van der Waals surface area contributed by atoms with Gasteiger partial charge in [-0.2, -0.15) is 0 Å². The Kier molecular flexibility index (Phi) is 6.53. The second-order valence-electron chi connectivity index (χ2n) is 6.77. The van der Waals surface area contributed by atoms with Crippen molar-refractivity contribution in [3.63, 3.8) is 0 Å². The summed E-state index contributed by atoms with van der Waals surface area (Å²) in [6.07, 6.45) is 2.95. The molecular weight excluding hydrogens is 200 g/mol. The molecule has 0 radical (unpaired) electrons. The minimum Gasteiger partial charge on any atom is -0.365 e. The van der Waals surface area contributed by atoms with Crippen LogP contribution in [0.4, 0.5) is 0 Å². The van der Waals surface area contributed by atoms with Gasteiger partial charge in [-0.1, -0.05) is 27.2 Å². The van der Waals surface area contributed by atoms with E-state index in [-0.39, 0.29) is 5.54 Å². The molecule has 0 aliphatic rings. The summed E-state index contributed by atoms with van der Waals surface area (Å²) in [5, 5.41) is 15.8. The van der Waals surface area contributed by atoms with Crippen LogP contribution in [-0.4, -0.2) is 23.5 Å². The number of nitrogens with one attached hydrogen (secondary N) is 2. The molecule has 0 fully saturated rings. The molecular formula is C13H30N2O. The first-order valence-corrected chi connectivity index (χ1v) is 6.29. The molecule has 0 aromatic rings. The average molecular weight is 230 g/mol. The van der Waals surface area contributed by atoms with Crippen LogP contribution >= 0.6 is 0 Å². The van der Waals surface area contributed by atoms with Crippen molar-refractivity contribution >= 4 is 0 Å². The second kappa shape index (κ2) is 6.58. The fraction of sp³-hybridized carbons (Fsp3) is 1.00. The fourth-order valence-corrected chi connectivity index (χ4v) is 1.48. The standard InChI is InChI=1S/C13H30N2O/c1-12(2,3)9-7-8-10-14-11(16)15-13(4,5)6/h11,14-16H,7-10H2,1-6H3. The third-order valence-electron chi connectivity index (χ3n) is 2.26. The molecule has 0 heterocycles. The molecule has 0 spiro atoms. The van der Waals surface area contributed by atoms with Gasteiger partial charge in [0.15, 0.2) is 6.35 Å². The molecule has 0 rings (SSSR count). The Morgan fingerprint density at radius 3 is 2.00 bits per heavy atom. The molecule has 98 valence electrons. The number of rotatable bonds is 6. The van der Waals surface area contributed by atoms with Crippen molar-refractivity contribution in [2.45, 2.75) is 72.7 Å². The van der Waals surface area contributed by atoms with Crippen LogP contribution in [0, 0.1) is 5.41 Å². The van der Waals surface area contributed by atoms with Gasteiger partial charge >= 0.3 is 0 Å². The van der Waals surface area contributed by atoms with Crippen molar-refractivity contribution in [1.29, 1.82) is 0 Å². The lowest BCUT2D eigenvalue weighted by molar-refractivity contribution is 0.0740. The second-order valence-corrected chi connectivity index (χ2v) is 6.77. The highest BCUT2D eigenvalue weighted by Crippen LogP contribution is 2.21. The average Bonchev–Trinajstić information content (AvgIpc) is 1.97. The molecule has 0 saturated carbocycles. The van der Waals surface area contributed by atoms with Crippen molar-refractivity contribution in [3.8, 4) is 0 Å². The quantitative estimate of drug-likeness (QED) is 0.485. The first kappa shape index (κ1) is 15.9. The number of unbranched alkanes of at least 4 members (excludes halogenated alkanes) is 1. The Bertz CT molecular complexity index is 179. The maximum Gasteiger partial charge on any atom is 0.160 e. The van der Waals surface area contributed by atoms with E-state index < -0.39 is 6.35 Å². The molecule has 0 saturated heterocycles. The van der Waals surface area contributed by atoms with Crippen molar-refractivity contribution in [2.24, 2.45) is 5.41 Å². The third-order valence-corrected chi connectivity index (χ3v) is 2.26. The van der Waals surface area contributed by atoms with Crippen LogP contribution in [0.15, 0.2) is 0 Å². The van der Waals surface area contributed by atoms with Crippen molar-refractivity contribution in [2.75, 3.05) is 6.54 Å². The van der Waals surface area contributed by atoms with Crippen LogP contribution in [0.1, 0.15) is 60.8 Å². The highest BCUT2D eigenvalue weighted by atomic mass is 16.3. The van der Waals surface area contributed by atoms with E-state index in [1.807, 2.05) is 20.8 Å². The van der Waals surface area contributed by atoms with E-state index in [2.05, 4.69) is 31.4 Å². The fourth-order valence-electron chi connectivity index (χ4n) is 1.48. The van der Waals surface area contributed by atoms with Crippen molar-refractivity contribution in [1.82, 2.24) is 10.6 Å². The predicted molar refractivity (Wildman–Crippen MR) is 70.2 cm³/mol. The van der Waals surface area contributed by atoms with E-state index in [1.54, 1.807) is 0 Å². The predicted octanol–water partition coefficient (Wildman–Crippen LogP) is 2.46. The summed E-state index contributed by atoms with van der Waals surface area (Å²) in [6, 6.07) is 0. The van der Waals surface area contributed by atoms with E-state index in [0.29, 0.717) is 5.41 Å². The van der Waals surface area contributed by atoms with Gasteiger partial charge in [0.1, 0.15) is 0 Å². The molecule has 3 heteroatoms. The minimum atomic E-state index is -0.602. The number of aliphatic hydroxyl groups excluding tert-OH is 1. The maximum atomic E-state index is 9.62. The molecule has 0 aromatic heterocycles. The molecule has 0 aliphatic carbocycles. The summed E-state index contributed by atoms with van der Waals surface area (Å²) in [6.45, 7) is 13.8. The van der Waals surface area contributed by atoms with E-state index in [4.69, 9.17) is 0 Å². The van der Waals surface area contributed by atoms with Gasteiger partial charge in [0.25, 0.3) is 0 Å². The topological polar surface area (TPSA) is 44.3 Å². The minimum absolute atomic E-state index is 0.0577. The van der Waals surface area contributed by atoms with Crippen LogP contribution < -0.4 is 10.6 Å². The summed E-state index contributed by atoms with van der Waals surface area (Å²) in [5.74, 6) is 0. The van der Waals surface area contributed by atoms with Crippen molar-refractivity contribution in [3.05, 3.63) is 0 Å². The molecule has 0 aliphatic heterocycles. The largest absolute Gasteiger partial charge is 0.365 e. The lowest BCUT2D eigenvalue weighted by Crippen LogP contribution is -2.51. The molecule has 1 atom stereocenters. The highest BCUT2D eigenvalue weighted by molar-refractivity contribution is 4.71. The Morgan fingerprint density at radius 2 is 1.56 bits per heavy atom. The van der Waals surface area contributed by atoms with E-state index in [1.165, 1.54) is 12.8 Å². The SMILES string of the molecule is CC(C)(C)CCCCNC(O)NC(C)(C)C. The summed E-state index contributed by atoms with van der Waals surface area (Å²) in [5.41, 5.74) is 0.361. The van der Waals surface area contributed by atoms with Gasteiger partial charge in [-0.05, 0) is 45.6 Å². The number of hydrogen-bond donors (Lipinski definition) is 3. The summed E-state index contributed by atoms with van der Waals surface area (Å²) < 4.78 is 0. The third kappa shape index (κ3) is 12.0. The normalized spacial score (nSPS) is 15.2. The first-order chi connectivity index (χ1) is 7.10. The smallest absolute Gasteiger partial charge is 0.160 e. The van der Waals surface area contributed by atoms with Gasteiger partial charge in [0.05, 0.1) is 0 Å². The van der Waals surface area contributed by atoms with Gasteiger partial charge in [-0.25, -0.2) is 0 Å². The molecule has 3 N–H and O–H groups in total. The van der Waals surface area contributed by atoms with Gasteiger partial charge in [0.2, 0.25) is 0 Å². The lowest BCUT2D eigenvalue weighted by Gasteiger charge is -2.25. The van der Waals surface area contributed by atoms with Crippen LogP contribution in [0.3, 0.4) is 0 Å². The van der Waals surface area contributed by atoms with Crippen LogP contribution in [0.25, 0.3) is 0 Å². The highest BCUT2D eigenvalue weighted by Gasteiger charge is 2.14. The Labute approximate surface area is 101 Å². The maximum absolute atomic E-state index is 9.62. The summed E-state index contributed by atoms with van der Waals surface area (Å²) in [7, 11) is 0. The molecule has 1 unspecified atom stereocenters. The van der Waals surface area contributed by atoms with E-state index in [0.717, 1.165) is 13.0 Å². The van der Waals surface area contributed by atoms with E-state index in [9.17, 15) is 5.11 Å². The van der Waals surface area contributed by atoms with Crippen LogP contribution in [0.5, 0.6) is 0 Å². The molecule has 3 nitrogen and oxygen atoms in total. The van der Waals surface area contributed by atoms with Gasteiger partial charge in [0, 0.05) is 5.54 Å². The first-order valence-electron chi connectivity index (χ1n) is 6.29. The zero-order valence-corrected chi connectivity index (χ0v) is 11.9. The molecule has 16 heavy (non-hydrogen) atoms. The Balaban J connectivity index is 3.45. The lowest BCUT2D eigenvalue weighted by atomic mass is 9.90. The summed E-state index contributed by atoms with van der Waals surface area (Å²) in [4.78, 5) is 0. The van der Waals surface area contributed by atoms with E-state index >= 15 is 0 Å². The van der Waals surface area contributed by atoms with Crippen LogP contribution in [0.2, 0.25) is 0 Å². The monoisotopic (exact) mass is 230 g/mol. The van der Waals surface area contributed by atoms with Crippen molar-refractivity contribution < 1.29 is 5.11 Å². The molecule has 0 amide bonds. The number of aliphatic hydroxyl groups is 1. The Hall–Kier alpha value is -0.120. The van der Waals surface area contributed by atoms with Gasteiger partial charge in [-0.15, -0.1) is 0 Å².